The molecule has 18 heavy (non-hydrogen) atoms. The standard InChI is InChI=1S/C12H10N4OS/c1-16-11-8(4-2-6-13-11)14-12(17)10(15-16)9-5-3-7-18-9/h2-7H,1H3,(H,14,17). The first-order valence-electron chi connectivity index (χ1n) is 5.38. The molecule has 3 heterocycles. The Hall–Kier alpha value is -2.21. The number of hydrogen-bond donors (Lipinski definition) is 1. The Bertz CT molecular complexity index is 621. The first kappa shape index (κ1) is 10.9. The van der Waals surface area contributed by atoms with Gasteiger partial charge in [-0.3, -0.25) is 4.79 Å². The largest absolute Gasteiger partial charge is 0.317 e. The number of carbonyl (C=O) groups excluding carboxylic acids is 1. The number of amides is 1. The molecule has 0 saturated carbocycles. The monoisotopic (exact) mass is 258 g/mol. The second-order valence-electron chi connectivity index (χ2n) is 3.78. The number of fused-ring (bicyclic) bond motifs is 1. The van der Waals surface area contributed by atoms with E-state index in [1.54, 1.807) is 24.3 Å². The lowest BCUT2D eigenvalue weighted by molar-refractivity contribution is -0.110. The lowest BCUT2D eigenvalue weighted by Gasteiger charge is -2.12. The SMILES string of the molecule is CN1N=C(c2cccs2)C(=O)Nc2cccnc21. The van der Waals surface area contributed by atoms with E-state index in [1.165, 1.54) is 11.3 Å². The summed E-state index contributed by atoms with van der Waals surface area (Å²) in [4.78, 5) is 17.2. The van der Waals surface area contributed by atoms with Crippen LogP contribution < -0.4 is 10.3 Å². The van der Waals surface area contributed by atoms with Gasteiger partial charge in [-0.05, 0) is 23.6 Å². The number of anilines is 2. The first-order chi connectivity index (χ1) is 8.75. The number of carbonyl (C=O) groups is 1. The summed E-state index contributed by atoms with van der Waals surface area (Å²) < 4.78 is 0. The minimum Gasteiger partial charge on any atom is -0.317 e. The van der Waals surface area contributed by atoms with E-state index in [4.69, 9.17) is 0 Å². The van der Waals surface area contributed by atoms with Crippen LogP contribution in [0.1, 0.15) is 4.88 Å². The number of pyridine rings is 1. The van der Waals surface area contributed by atoms with Crippen molar-refractivity contribution in [1.82, 2.24) is 4.98 Å². The van der Waals surface area contributed by atoms with Gasteiger partial charge >= 0.3 is 0 Å². The third kappa shape index (κ3) is 1.76. The van der Waals surface area contributed by atoms with Crippen molar-refractivity contribution in [3.05, 3.63) is 40.7 Å². The van der Waals surface area contributed by atoms with E-state index in [0.29, 0.717) is 17.2 Å². The highest BCUT2D eigenvalue weighted by molar-refractivity contribution is 7.13. The molecule has 1 amide bonds. The lowest BCUT2D eigenvalue weighted by Crippen LogP contribution is -2.22. The maximum absolute atomic E-state index is 12.1. The average molecular weight is 258 g/mol. The Morgan fingerprint density at radius 2 is 2.22 bits per heavy atom. The van der Waals surface area contributed by atoms with Crippen molar-refractivity contribution in [2.45, 2.75) is 0 Å². The molecule has 0 atom stereocenters. The second-order valence-corrected chi connectivity index (χ2v) is 4.73. The van der Waals surface area contributed by atoms with E-state index in [-0.39, 0.29) is 5.91 Å². The Kier molecular flexibility index (Phi) is 2.56. The van der Waals surface area contributed by atoms with Crippen molar-refractivity contribution in [1.29, 1.82) is 0 Å². The van der Waals surface area contributed by atoms with Crippen molar-refractivity contribution in [2.75, 3.05) is 17.4 Å². The predicted octanol–water partition coefficient (Wildman–Crippen LogP) is 1.94. The highest BCUT2D eigenvalue weighted by atomic mass is 32.1. The number of nitrogens with one attached hydrogen (secondary N) is 1. The Labute approximate surface area is 108 Å². The summed E-state index contributed by atoms with van der Waals surface area (Å²) in [6.45, 7) is 0. The van der Waals surface area contributed by atoms with Crippen LogP contribution in [0.3, 0.4) is 0 Å². The molecule has 3 rings (SSSR count). The van der Waals surface area contributed by atoms with E-state index in [2.05, 4.69) is 15.4 Å². The summed E-state index contributed by atoms with van der Waals surface area (Å²) in [5.41, 5.74) is 1.07. The van der Waals surface area contributed by atoms with Gasteiger partial charge in [0.15, 0.2) is 11.5 Å². The van der Waals surface area contributed by atoms with Gasteiger partial charge in [0.25, 0.3) is 5.91 Å². The van der Waals surface area contributed by atoms with Crippen molar-refractivity contribution < 1.29 is 4.79 Å². The molecule has 0 aromatic carbocycles. The van der Waals surface area contributed by atoms with Crippen LogP contribution in [0.2, 0.25) is 0 Å². The zero-order valence-electron chi connectivity index (χ0n) is 9.62. The predicted molar refractivity (Wildman–Crippen MR) is 72.1 cm³/mol. The van der Waals surface area contributed by atoms with Crippen LogP contribution >= 0.6 is 11.3 Å². The van der Waals surface area contributed by atoms with E-state index < -0.39 is 0 Å². The molecule has 1 N–H and O–H groups in total. The molecule has 2 aromatic rings. The minimum atomic E-state index is -0.212. The van der Waals surface area contributed by atoms with E-state index >= 15 is 0 Å². The molecule has 5 nitrogen and oxygen atoms in total. The van der Waals surface area contributed by atoms with Gasteiger partial charge in [-0.15, -0.1) is 11.3 Å². The fourth-order valence-corrected chi connectivity index (χ4v) is 2.46. The van der Waals surface area contributed by atoms with Gasteiger partial charge < -0.3 is 5.32 Å². The molecule has 0 spiro atoms. The van der Waals surface area contributed by atoms with Gasteiger partial charge in [0.2, 0.25) is 0 Å². The highest BCUT2D eigenvalue weighted by Crippen LogP contribution is 2.25. The van der Waals surface area contributed by atoms with Crippen molar-refractivity contribution in [3.63, 3.8) is 0 Å². The van der Waals surface area contributed by atoms with E-state index in [1.807, 2.05) is 23.6 Å². The zero-order valence-corrected chi connectivity index (χ0v) is 10.4. The number of hydrazone groups is 1. The van der Waals surface area contributed by atoms with Crippen LogP contribution in [0.5, 0.6) is 0 Å². The van der Waals surface area contributed by atoms with Crippen LogP contribution in [-0.2, 0) is 4.79 Å². The molecule has 0 fully saturated rings. The fourth-order valence-electron chi connectivity index (χ4n) is 1.75. The summed E-state index contributed by atoms with van der Waals surface area (Å²) in [5, 5.41) is 10.7. The van der Waals surface area contributed by atoms with Crippen LogP contribution in [-0.4, -0.2) is 23.7 Å². The molecular formula is C12H10N4OS. The minimum absolute atomic E-state index is 0.212. The van der Waals surface area contributed by atoms with Crippen molar-refractivity contribution >= 4 is 34.5 Å². The molecule has 0 bridgehead atoms. The number of rotatable bonds is 1. The zero-order chi connectivity index (χ0) is 12.5. The van der Waals surface area contributed by atoms with Crippen molar-refractivity contribution in [3.8, 4) is 0 Å². The summed E-state index contributed by atoms with van der Waals surface area (Å²) in [7, 11) is 1.78. The molecule has 0 aliphatic carbocycles. The Morgan fingerprint density at radius 3 is 3.00 bits per heavy atom. The first-order valence-corrected chi connectivity index (χ1v) is 6.26. The number of thiophene rings is 1. The van der Waals surface area contributed by atoms with Crippen LogP contribution in [0.25, 0.3) is 0 Å². The van der Waals surface area contributed by atoms with Gasteiger partial charge in [-0.25, -0.2) is 9.99 Å². The normalized spacial score (nSPS) is 14.6. The summed E-state index contributed by atoms with van der Waals surface area (Å²) >= 11 is 1.48. The van der Waals surface area contributed by atoms with E-state index in [0.717, 1.165) is 4.88 Å². The van der Waals surface area contributed by atoms with Crippen LogP contribution in [0.15, 0.2) is 40.9 Å². The molecule has 0 unspecified atom stereocenters. The number of nitrogens with zero attached hydrogens (tertiary/aromatic N) is 3. The molecular weight excluding hydrogens is 248 g/mol. The Morgan fingerprint density at radius 1 is 1.33 bits per heavy atom. The summed E-state index contributed by atoms with van der Waals surface area (Å²) in [5.74, 6) is 0.424. The third-order valence-corrected chi connectivity index (χ3v) is 3.44. The van der Waals surface area contributed by atoms with Crippen molar-refractivity contribution in [2.24, 2.45) is 5.10 Å². The average Bonchev–Trinajstić information content (AvgIpc) is 2.85. The van der Waals surface area contributed by atoms with E-state index in [9.17, 15) is 4.79 Å². The fraction of sp³-hybridized carbons (Fsp3) is 0.0833. The topological polar surface area (TPSA) is 57.6 Å². The third-order valence-electron chi connectivity index (χ3n) is 2.56. The molecule has 0 radical (unpaired) electrons. The lowest BCUT2D eigenvalue weighted by atomic mass is 10.3. The molecule has 1 aliphatic rings. The second kappa shape index (κ2) is 4.23. The highest BCUT2D eigenvalue weighted by Gasteiger charge is 2.23. The van der Waals surface area contributed by atoms with Gasteiger partial charge in [-0.1, -0.05) is 6.07 Å². The van der Waals surface area contributed by atoms with Crippen LogP contribution in [0.4, 0.5) is 11.5 Å². The molecule has 90 valence electrons. The summed E-state index contributed by atoms with van der Waals surface area (Å²) in [6, 6.07) is 7.36. The Balaban J connectivity index is 2.09. The molecule has 1 aliphatic heterocycles. The number of aromatic nitrogens is 1. The smallest absolute Gasteiger partial charge is 0.277 e. The van der Waals surface area contributed by atoms with Crippen LogP contribution in [0, 0.1) is 0 Å². The molecule has 0 saturated heterocycles. The summed E-state index contributed by atoms with van der Waals surface area (Å²) in [6.07, 6.45) is 1.67. The van der Waals surface area contributed by atoms with Gasteiger partial charge in [0.1, 0.15) is 0 Å². The molecule has 6 heteroatoms. The molecule has 2 aromatic heterocycles. The maximum atomic E-state index is 12.1. The quantitative estimate of drug-likeness (QED) is 0.850. The number of hydrogen-bond acceptors (Lipinski definition) is 5. The maximum Gasteiger partial charge on any atom is 0.277 e. The van der Waals surface area contributed by atoms with Gasteiger partial charge in [0.05, 0.1) is 10.6 Å². The van der Waals surface area contributed by atoms with Gasteiger partial charge in [-0.2, -0.15) is 5.10 Å². The van der Waals surface area contributed by atoms with Gasteiger partial charge in [0, 0.05) is 13.2 Å².